The van der Waals surface area contributed by atoms with E-state index in [0.717, 1.165) is 36.7 Å². The van der Waals surface area contributed by atoms with Crippen LogP contribution in [-0.4, -0.2) is 61.7 Å². The molecule has 6 rings (SSSR count). The third-order valence-electron chi connectivity index (χ3n) is 8.56. The van der Waals surface area contributed by atoms with Gasteiger partial charge in [0, 0.05) is 24.7 Å². The SMILES string of the molecule is COc1ccc(F)cc1[C@H](Cn1c(=O)n([C@@H]2CCCN(C)C2=O)c(=O)c2c(C)c(-n3nccn3)sc21)OC1CCCCC1. The number of thiophene rings is 1. The van der Waals surface area contributed by atoms with Crippen LogP contribution >= 0.6 is 11.3 Å². The Bertz CT molecular complexity index is 1760. The van der Waals surface area contributed by atoms with Crippen LogP contribution in [0.4, 0.5) is 4.39 Å². The number of hydrogen-bond acceptors (Lipinski definition) is 8. The highest BCUT2D eigenvalue weighted by molar-refractivity contribution is 7.21. The number of likely N-dealkylation sites (N-methyl/N-ethyl adjacent to an activating group) is 1. The number of carbonyl (C=O) groups excluding carboxylic acids is 1. The molecule has 2 fully saturated rings. The summed E-state index contributed by atoms with van der Waals surface area (Å²) in [4.78, 5) is 45.2. The van der Waals surface area contributed by atoms with Gasteiger partial charge < -0.3 is 14.4 Å². The van der Waals surface area contributed by atoms with Crippen LogP contribution in [0.5, 0.6) is 5.75 Å². The monoisotopic (exact) mass is 610 g/mol. The van der Waals surface area contributed by atoms with Crippen molar-refractivity contribution in [2.24, 2.45) is 0 Å². The maximum Gasteiger partial charge on any atom is 0.332 e. The molecule has 13 heteroatoms. The molecule has 1 aliphatic carbocycles. The van der Waals surface area contributed by atoms with Gasteiger partial charge in [-0.25, -0.2) is 13.8 Å². The van der Waals surface area contributed by atoms with Gasteiger partial charge in [-0.15, -0.1) is 4.80 Å². The van der Waals surface area contributed by atoms with Crippen molar-refractivity contribution >= 4 is 27.5 Å². The van der Waals surface area contributed by atoms with E-state index >= 15 is 0 Å². The Morgan fingerprint density at radius 3 is 2.53 bits per heavy atom. The van der Waals surface area contributed by atoms with Crippen molar-refractivity contribution < 1.29 is 18.7 Å². The number of nitrogens with zero attached hydrogens (tertiary/aromatic N) is 6. The molecule has 43 heavy (non-hydrogen) atoms. The second kappa shape index (κ2) is 12.0. The third-order valence-corrected chi connectivity index (χ3v) is 9.84. The number of likely N-dealkylation sites (tertiary alicyclic amines) is 1. The molecule has 0 bridgehead atoms. The van der Waals surface area contributed by atoms with E-state index in [1.807, 2.05) is 0 Å². The molecule has 2 atom stereocenters. The van der Waals surface area contributed by atoms with Crippen molar-refractivity contribution in [3.63, 3.8) is 0 Å². The van der Waals surface area contributed by atoms with Gasteiger partial charge in [-0.05, 0) is 50.8 Å². The average Bonchev–Trinajstić information content (AvgIpc) is 3.65. The number of amides is 1. The molecule has 1 saturated heterocycles. The lowest BCUT2D eigenvalue weighted by molar-refractivity contribution is -0.136. The summed E-state index contributed by atoms with van der Waals surface area (Å²) >= 11 is 1.22. The summed E-state index contributed by atoms with van der Waals surface area (Å²) < 4.78 is 29.5. The fourth-order valence-electron chi connectivity index (χ4n) is 6.32. The first-order valence-corrected chi connectivity index (χ1v) is 15.5. The van der Waals surface area contributed by atoms with Gasteiger partial charge in [0.2, 0.25) is 5.91 Å². The molecule has 228 valence electrons. The Hall–Kier alpha value is -3.84. The molecule has 2 aliphatic rings. The van der Waals surface area contributed by atoms with Crippen molar-refractivity contribution in [1.82, 2.24) is 29.0 Å². The Labute approximate surface area is 251 Å². The lowest BCUT2D eigenvalue weighted by Crippen LogP contribution is -2.49. The molecular weight excluding hydrogens is 575 g/mol. The zero-order valence-electron chi connectivity index (χ0n) is 24.5. The number of halogens is 1. The number of aryl methyl sites for hydroxylation is 1. The first-order chi connectivity index (χ1) is 20.8. The van der Waals surface area contributed by atoms with Crippen molar-refractivity contribution in [3.05, 3.63) is 68.4 Å². The minimum atomic E-state index is -0.929. The van der Waals surface area contributed by atoms with Crippen LogP contribution in [0.15, 0.2) is 40.2 Å². The Kier molecular flexibility index (Phi) is 8.19. The van der Waals surface area contributed by atoms with E-state index in [2.05, 4.69) is 10.2 Å². The summed E-state index contributed by atoms with van der Waals surface area (Å²) in [6, 6.07) is 3.32. The minimum Gasteiger partial charge on any atom is -0.496 e. The molecule has 0 spiro atoms. The summed E-state index contributed by atoms with van der Waals surface area (Å²) in [5, 5.41) is 9.41. The summed E-state index contributed by atoms with van der Waals surface area (Å²) in [5.74, 6) is -0.293. The predicted octanol–water partition coefficient (Wildman–Crippen LogP) is 4.15. The second-order valence-electron chi connectivity index (χ2n) is 11.3. The summed E-state index contributed by atoms with van der Waals surface area (Å²) in [6.07, 6.45) is 8.15. The van der Waals surface area contributed by atoms with E-state index in [1.165, 1.54) is 52.3 Å². The second-order valence-corrected chi connectivity index (χ2v) is 12.3. The van der Waals surface area contributed by atoms with E-state index in [1.54, 1.807) is 24.9 Å². The maximum atomic E-state index is 14.7. The van der Waals surface area contributed by atoms with Crippen LogP contribution in [0.3, 0.4) is 0 Å². The highest BCUT2D eigenvalue weighted by Crippen LogP contribution is 2.36. The van der Waals surface area contributed by atoms with Crippen molar-refractivity contribution in [3.8, 4) is 10.8 Å². The molecule has 4 heterocycles. The number of methoxy groups -OCH3 is 1. The summed E-state index contributed by atoms with van der Waals surface area (Å²) in [7, 11) is 3.19. The summed E-state index contributed by atoms with van der Waals surface area (Å²) in [5.41, 5.74) is -0.0554. The Morgan fingerprint density at radius 2 is 1.81 bits per heavy atom. The van der Waals surface area contributed by atoms with Crippen LogP contribution in [0, 0.1) is 12.7 Å². The van der Waals surface area contributed by atoms with Crippen LogP contribution in [0.1, 0.15) is 68.2 Å². The van der Waals surface area contributed by atoms with Crippen molar-refractivity contribution in [1.29, 1.82) is 0 Å². The van der Waals surface area contributed by atoms with Gasteiger partial charge >= 0.3 is 5.69 Å². The number of rotatable bonds is 8. The molecule has 0 radical (unpaired) electrons. The molecule has 1 amide bonds. The van der Waals surface area contributed by atoms with E-state index in [0.29, 0.717) is 51.5 Å². The third kappa shape index (κ3) is 5.40. The molecule has 0 N–H and O–H groups in total. The number of benzene rings is 1. The fraction of sp³-hybridized carbons (Fsp3) is 0.500. The van der Waals surface area contributed by atoms with Gasteiger partial charge in [-0.2, -0.15) is 10.2 Å². The number of aromatic nitrogens is 5. The highest BCUT2D eigenvalue weighted by atomic mass is 32.1. The Balaban J connectivity index is 1.57. The molecule has 1 aromatic carbocycles. The van der Waals surface area contributed by atoms with Gasteiger partial charge in [0.1, 0.15) is 33.5 Å². The Morgan fingerprint density at radius 1 is 1.07 bits per heavy atom. The smallest absolute Gasteiger partial charge is 0.332 e. The van der Waals surface area contributed by atoms with Crippen molar-refractivity contribution in [2.45, 2.75) is 76.7 Å². The van der Waals surface area contributed by atoms with E-state index < -0.39 is 29.2 Å². The zero-order chi connectivity index (χ0) is 30.2. The average molecular weight is 611 g/mol. The van der Waals surface area contributed by atoms with Gasteiger partial charge in [0.25, 0.3) is 5.56 Å². The van der Waals surface area contributed by atoms with Crippen LogP contribution < -0.4 is 16.0 Å². The van der Waals surface area contributed by atoms with E-state index in [9.17, 15) is 18.8 Å². The molecule has 1 saturated carbocycles. The zero-order valence-corrected chi connectivity index (χ0v) is 25.3. The molecule has 1 aliphatic heterocycles. The predicted molar refractivity (Wildman–Crippen MR) is 160 cm³/mol. The number of ether oxygens (including phenoxy) is 2. The molecule has 11 nitrogen and oxygen atoms in total. The largest absolute Gasteiger partial charge is 0.496 e. The molecule has 0 unspecified atom stereocenters. The van der Waals surface area contributed by atoms with Gasteiger partial charge in [-0.1, -0.05) is 30.6 Å². The van der Waals surface area contributed by atoms with Crippen LogP contribution in [-0.2, 0) is 16.1 Å². The van der Waals surface area contributed by atoms with Crippen LogP contribution in [0.25, 0.3) is 15.2 Å². The lowest BCUT2D eigenvalue weighted by Gasteiger charge is -2.31. The van der Waals surface area contributed by atoms with Gasteiger partial charge in [0.05, 0.1) is 37.5 Å². The van der Waals surface area contributed by atoms with Gasteiger partial charge in [0.15, 0.2) is 0 Å². The van der Waals surface area contributed by atoms with E-state index in [-0.39, 0.29) is 18.6 Å². The molecule has 4 aromatic rings. The molecule has 3 aromatic heterocycles. The summed E-state index contributed by atoms with van der Waals surface area (Å²) in [6.45, 7) is 2.33. The maximum absolute atomic E-state index is 14.7. The van der Waals surface area contributed by atoms with Crippen molar-refractivity contribution in [2.75, 3.05) is 20.7 Å². The fourth-order valence-corrected chi connectivity index (χ4v) is 7.54. The number of hydrogen-bond donors (Lipinski definition) is 0. The van der Waals surface area contributed by atoms with Gasteiger partial charge in [-0.3, -0.25) is 14.2 Å². The highest BCUT2D eigenvalue weighted by Gasteiger charge is 2.34. The quantitative estimate of drug-likeness (QED) is 0.295. The first-order valence-electron chi connectivity index (χ1n) is 14.7. The number of carbonyl (C=O) groups is 1. The minimum absolute atomic E-state index is 0.0192. The van der Waals surface area contributed by atoms with Crippen LogP contribution in [0.2, 0.25) is 0 Å². The standard InChI is InChI=1S/C30H35FN6O5S/c1-18-25-27(39)36(22-10-7-15-34(2)26(22)38)30(40)35(29(25)43-28(18)37-32-13-14-33-37)17-24(42-20-8-5-4-6-9-20)21-16-19(31)11-12-23(21)41-3/h11-14,16,20,22,24H,4-10,15,17H2,1-3H3/t22-,24+/m1/s1. The lowest BCUT2D eigenvalue weighted by atomic mass is 9.97. The first kappa shape index (κ1) is 29.2. The van der Waals surface area contributed by atoms with E-state index in [4.69, 9.17) is 9.47 Å². The topological polar surface area (TPSA) is 113 Å². The number of fused-ring (bicyclic) bond motifs is 1. The number of piperidine rings is 1. The normalized spacial score (nSPS) is 18.8. The molecular formula is C30H35FN6O5S.